The predicted octanol–water partition coefficient (Wildman–Crippen LogP) is 0.656. The average Bonchev–Trinajstić information content (AvgIpc) is 2.49. The molecule has 0 aliphatic rings. The highest BCUT2D eigenvalue weighted by Gasteiger charge is 2.12. The average molecular weight is 345 g/mol. The summed E-state index contributed by atoms with van der Waals surface area (Å²) < 4.78 is 0. The van der Waals surface area contributed by atoms with E-state index in [4.69, 9.17) is 30.3 Å². The van der Waals surface area contributed by atoms with Gasteiger partial charge in [-0.1, -0.05) is 32.9 Å². The second-order valence-electron chi connectivity index (χ2n) is 5.91. The number of aliphatic hydroxyl groups is 3. The summed E-state index contributed by atoms with van der Waals surface area (Å²) >= 11 is 0. The van der Waals surface area contributed by atoms with Gasteiger partial charge in [0.05, 0.1) is 19.8 Å². The van der Waals surface area contributed by atoms with Crippen molar-refractivity contribution in [1.82, 2.24) is 4.90 Å². The summed E-state index contributed by atoms with van der Waals surface area (Å²) in [7, 11) is 0. The molecule has 7 heteroatoms. The van der Waals surface area contributed by atoms with E-state index in [2.05, 4.69) is 20.8 Å². The summed E-state index contributed by atoms with van der Waals surface area (Å²) in [4.78, 5) is 10.2. The van der Waals surface area contributed by atoms with Crippen molar-refractivity contribution >= 4 is 6.47 Å². The normalized spacial score (nSPS) is 10.3. The molecule has 0 unspecified atom stereocenters. The molecule has 0 saturated heterocycles. The second kappa shape index (κ2) is 14.9. The molecule has 1 aromatic rings. The molecule has 1 rings (SSSR count). The predicted molar refractivity (Wildman–Crippen MR) is 93.2 cm³/mol. The molecular weight excluding hydrogens is 314 g/mol. The molecule has 0 aromatic heterocycles. The third-order valence-corrected chi connectivity index (χ3v) is 2.98. The lowest BCUT2D eigenvalue weighted by atomic mass is 9.87. The molecule has 140 valence electrons. The molecule has 0 aliphatic carbocycles. The van der Waals surface area contributed by atoms with Crippen LogP contribution in [-0.4, -0.2) is 76.4 Å². The molecule has 0 aliphatic heterocycles. The van der Waals surface area contributed by atoms with E-state index >= 15 is 0 Å². The minimum Gasteiger partial charge on any atom is -0.508 e. The molecule has 7 nitrogen and oxygen atoms in total. The zero-order chi connectivity index (χ0) is 19.0. The van der Waals surface area contributed by atoms with Gasteiger partial charge < -0.3 is 25.5 Å². The number of nitrogens with zero attached hydrogens (tertiary/aromatic N) is 1. The number of hydrogen-bond acceptors (Lipinski definition) is 6. The first-order chi connectivity index (χ1) is 11.3. The second-order valence-corrected chi connectivity index (χ2v) is 5.91. The fourth-order valence-electron chi connectivity index (χ4n) is 1.72. The van der Waals surface area contributed by atoms with E-state index in [-0.39, 0.29) is 31.7 Å². The Morgan fingerprint density at radius 2 is 1.25 bits per heavy atom. The molecular formula is C17H31NO6. The molecule has 24 heavy (non-hydrogen) atoms. The summed E-state index contributed by atoms with van der Waals surface area (Å²) in [6, 6.07) is 7.35. The van der Waals surface area contributed by atoms with Gasteiger partial charge in [-0.15, -0.1) is 0 Å². The Morgan fingerprint density at radius 1 is 0.917 bits per heavy atom. The number of rotatable bonds is 6. The summed E-state index contributed by atoms with van der Waals surface area (Å²) in [5.41, 5.74) is 1.42. The van der Waals surface area contributed by atoms with E-state index in [1.54, 1.807) is 17.0 Å². The molecule has 0 radical (unpaired) electrons. The lowest BCUT2D eigenvalue weighted by molar-refractivity contribution is -0.122. The first kappa shape index (κ1) is 24.6. The molecule has 0 spiro atoms. The third-order valence-electron chi connectivity index (χ3n) is 2.98. The Morgan fingerprint density at radius 3 is 1.50 bits per heavy atom. The number of aliphatic hydroxyl groups excluding tert-OH is 3. The van der Waals surface area contributed by atoms with Gasteiger partial charge in [-0.2, -0.15) is 0 Å². The van der Waals surface area contributed by atoms with E-state index in [1.165, 1.54) is 5.56 Å². The number of phenols is 1. The molecule has 1 aromatic carbocycles. The topological polar surface area (TPSA) is 121 Å². The van der Waals surface area contributed by atoms with Gasteiger partial charge in [0.2, 0.25) is 0 Å². The zero-order valence-corrected chi connectivity index (χ0v) is 14.7. The van der Waals surface area contributed by atoms with Crippen molar-refractivity contribution in [3.63, 3.8) is 0 Å². The Hall–Kier alpha value is -1.67. The van der Waals surface area contributed by atoms with Gasteiger partial charge in [-0.05, 0) is 23.1 Å². The van der Waals surface area contributed by atoms with Crippen LogP contribution in [0.3, 0.4) is 0 Å². The van der Waals surface area contributed by atoms with Crippen LogP contribution in [0, 0.1) is 0 Å². The number of carbonyl (C=O) groups is 1. The fraction of sp³-hybridized carbons (Fsp3) is 0.588. The number of hydrogen-bond donors (Lipinski definition) is 5. The van der Waals surface area contributed by atoms with Crippen molar-refractivity contribution in [3.05, 3.63) is 29.8 Å². The van der Waals surface area contributed by atoms with Crippen LogP contribution in [0.25, 0.3) is 0 Å². The van der Waals surface area contributed by atoms with Crippen molar-refractivity contribution in [2.75, 3.05) is 39.5 Å². The molecule has 0 heterocycles. The van der Waals surface area contributed by atoms with Crippen molar-refractivity contribution in [3.8, 4) is 5.75 Å². The van der Waals surface area contributed by atoms with Crippen LogP contribution in [0.15, 0.2) is 24.3 Å². The van der Waals surface area contributed by atoms with Gasteiger partial charge in [0, 0.05) is 19.6 Å². The minimum absolute atomic E-state index is 0.0694. The Bertz CT molecular complexity index is 388. The Balaban J connectivity index is 0. The summed E-state index contributed by atoms with van der Waals surface area (Å²) in [6.45, 7) is 7.96. The SMILES string of the molecule is CC(C)(C)c1ccc(O)cc1.O=CO.OCCN(CCO)CCO. The molecule has 0 fully saturated rings. The molecule has 0 amide bonds. The maximum absolute atomic E-state index is 9.02. The van der Waals surface area contributed by atoms with E-state index in [0.29, 0.717) is 25.4 Å². The van der Waals surface area contributed by atoms with E-state index in [0.717, 1.165) is 0 Å². The number of aromatic hydroxyl groups is 1. The van der Waals surface area contributed by atoms with Gasteiger partial charge in [0.25, 0.3) is 6.47 Å². The monoisotopic (exact) mass is 345 g/mol. The van der Waals surface area contributed by atoms with E-state index < -0.39 is 0 Å². The van der Waals surface area contributed by atoms with Gasteiger partial charge >= 0.3 is 0 Å². The van der Waals surface area contributed by atoms with Crippen LogP contribution in [-0.2, 0) is 10.2 Å². The summed E-state index contributed by atoms with van der Waals surface area (Å²) in [6.07, 6.45) is 0. The van der Waals surface area contributed by atoms with Crippen LogP contribution in [0.4, 0.5) is 0 Å². The first-order valence-electron chi connectivity index (χ1n) is 7.69. The quantitative estimate of drug-likeness (QED) is 0.480. The van der Waals surface area contributed by atoms with Crippen LogP contribution in [0.5, 0.6) is 5.75 Å². The lowest BCUT2D eigenvalue weighted by Crippen LogP contribution is -2.32. The third kappa shape index (κ3) is 14.0. The van der Waals surface area contributed by atoms with Crippen molar-refractivity contribution in [1.29, 1.82) is 0 Å². The highest BCUT2D eigenvalue weighted by atomic mass is 16.3. The highest BCUT2D eigenvalue weighted by molar-refractivity contribution is 5.32. The minimum atomic E-state index is -0.250. The van der Waals surface area contributed by atoms with Gasteiger partial charge in [0.1, 0.15) is 5.75 Å². The maximum Gasteiger partial charge on any atom is 0.290 e. The number of carboxylic acid groups (broad SMARTS) is 1. The van der Waals surface area contributed by atoms with Crippen LogP contribution >= 0.6 is 0 Å². The van der Waals surface area contributed by atoms with E-state index in [1.807, 2.05) is 12.1 Å². The van der Waals surface area contributed by atoms with Gasteiger partial charge in [0.15, 0.2) is 0 Å². The van der Waals surface area contributed by atoms with Crippen LogP contribution < -0.4 is 0 Å². The molecule has 0 saturated carbocycles. The van der Waals surface area contributed by atoms with Crippen molar-refractivity contribution < 1.29 is 30.3 Å². The lowest BCUT2D eigenvalue weighted by Gasteiger charge is -2.18. The molecule has 0 atom stereocenters. The Labute approximate surface area is 143 Å². The standard InChI is InChI=1S/C10H14O.C6H15NO3.CH2O2/c1-10(2,3)8-4-6-9(11)7-5-8;8-4-1-7(2-5-9)3-6-10;2-1-3/h4-7,11H,1-3H3;8-10H,1-6H2;1H,(H,2,3). The maximum atomic E-state index is 9.02. The van der Waals surface area contributed by atoms with Crippen LogP contribution in [0.1, 0.15) is 26.3 Å². The highest BCUT2D eigenvalue weighted by Crippen LogP contribution is 2.23. The van der Waals surface area contributed by atoms with Crippen molar-refractivity contribution in [2.45, 2.75) is 26.2 Å². The van der Waals surface area contributed by atoms with Crippen molar-refractivity contribution in [2.24, 2.45) is 0 Å². The summed E-state index contributed by atoms with van der Waals surface area (Å²) in [5.74, 6) is 0.331. The van der Waals surface area contributed by atoms with E-state index in [9.17, 15) is 0 Å². The number of benzene rings is 1. The molecule has 5 N–H and O–H groups in total. The smallest absolute Gasteiger partial charge is 0.290 e. The van der Waals surface area contributed by atoms with Crippen LogP contribution in [0.2, 0.25) is 0 Å². The number of phenolic OH excluding ortho intramolecular Hbond substituents is 1. The first-order valence-corrected chi connectivity index (χ1v) is 7.69. The van der Waals surface area contributed by atoms with Gasteiger partial charge in [-0.25, -0.2) is 0 Å². The molecule has 0 bridgehead atoms. The zero-order valence-electron chi connectivity index (χ0n) is 14.7. The largest absolute Gasteiger partial charge is 0.508 e. The Kier molecular flexibility index (Phi) is 15.3. The fourth-order valence-corrected chi connectivity index (χ4v) is 1.72. The summed E-state index contributed by atoms with van der Waals surface area (Å²) in [5, 5.41) is 41.4. The van der Waals surface area contributed by atoms with Gasteiger partial charge in [-0.3, -0.25) is 9.69 Å².